The first-order valence-electron chi connectivity index (χ1n) is 7.19. The van der Waals surface area contributed by atoms with Gasteiger partial charge in [-0.3, -0.25) is 14.5 Å². The van der Waals surface area contributed by atoms with E-state index in [9.17, 15) is 9.59 Å². The van der Waals surface area contributed by atoms with Gasteiger partial charge >= 0.3 is 5.97 Å². The van der Waals surface area contributed by atoms with Crippen LogP contribution in [0.2, 0.25) is 0 Å². The number of amides is 1. The van der Waals surface area contributed by atoms with Crippen molar-refractivity contribution in [3.63, 3.8) is 0 Å². The van der Waals surface area contributed by atoms with E-state index in [1.54, 1.807) is 0 Å². The SMILES string of the molecule is O=C(O)CN1C(=O)C(=CC2=C(N3C=CCC3)CCC2)SC1=S. The van der Waals surface area contributed by atoms with Crippen LogP contribution < -0.4 is 0 Å². The number of thioether (sulfide) groups is 1. The quantitative estimate of drug-likeness (QED) is 0.629. The lowest BCUT2D eigenvalue weighted by Crippen LogP contribution is -2.33. The zero-order valence-corrected chi connectivity index (χ0v) is 13.6. The number of carboxylic acid groups (broad SMARTS) is 1. The lowest BCUT2D eigenvalue weighted by atomic mass is 10.2. The summed E-state index contributed by atoms with van der Waals surface area (Å²) < 4.78 is 0.319. The van der Waals surface area contributed by atoms with Crippen molar-refractivity contribution in [3.05, 3.63) is 34.5 Å². The van der Waals surface area contributed by atoms with Crippen molar-refractivity contribution in [2.75, 3.05) is 13.1 Å². The van der Waals surface area contributed by atoms with Crippen molar-refractivity contribution in [3.8, 4) is 0 Å². The third kappa shape index (κ3) is 2.96. The fourth-order valence-electron chi connectivity index (χ4n) is 2.88. The summed E-state index contributed by atoms with van der Waals surface area (Å²) in [4.78, 5) is 27.1. The molecular weight excluding hydrogens is 320 g/mol. The highest BCUT2D eigenvalue weighted by atomic mass is 32.2. The Kier molecular flexibility index (Phi) is 4.35. The Morgan fingerprint density at radius 3 is 2.95 bits per heavy atom. The summed E-state index contributed by atoms with van der Waals surface area (Å²) >= 11 is 6.31. The van der Waals surface area contributed by atoms with Crippen LogP contribution in [0.15, 0.2) is 34.5 Å². The van der Waals surface area contributed by atoms with Crippen molar-refractivity contribution in [1.29, 1.82) is 0 Å². The molecule has 0 spiro atoms. The summed E-state index contributed by atoms with van der Waals surface area (Å²) in [6, 6.07) is 0. The molecule has 116 valence electrons. The normalized spacial score (nSPS) is 23.5. The molecule has 1 amide bonds. The fourth-order valence-corrected chi connectivity index (χ4v) is 4.14. The molecule has 0 radical (unpaired) electrons. The second kappa shape index (κ2) is 6.26. The molecule has 0 unspecified atom stereocenters. The van der Waals surface area contributed by atoms with E-state index in [0.717, 1.165) is 37.1 Å². The van der Waals surface area contributed by atoms with E-state index in [-0.39, 0.29) is 12.5 Å². The van der Waals surface area contributed by atoms with Crippen LogP contribution in [0.5, 0.6) is 0 Å². The summed E-state index contributed by atoms with van der Waals surface area (Å²) in [6.07, 6.45) is 10.3. The molecule has 2 aliphatic heterocycles. The second-order valence-corrected chi connectivity index (χ2v) is 7.03. The van der Waals surface area contributed by atoms with Gasteiger partial charge in [0.2, 0.25) is 0 Å². The molecule has 7 heteroatoms. The van der Waals surface area contributed by atoms with Gasteiger partial charge in [0.25, 0.3) is 5.91 Å². The number of carbonyl (C=O) groups is 2. The first-order chi connectivity index (χ1) is 10.6. The van der Waals surface area contributed by atoms with E-state index < -0.39 is 5.97 Å². The highest BCUT2D eigenvalue weighted by Gasteiger charge is 2.34. The van der Waals surface area contributed by atoms with Crippen LogP contribution in [-0.4, -0.2) is 44.2 Å². The van der Waals surface area contributed by atoms with Gasteiger partial charge in [0.05, 0.1) is 4.91 Å². The van der Waals surface area contributed by atoms with Gasteiger partial charge < -0.3 is 10.0 Å². The molecule has 22 heavy (non-hydrogen) atoms. The number of thiocarbonyl (C=S) groups is 1. The number of carboxylic acids is 1. The second-order valence-electron chi connectivity index (χ2n) is 5.35. The largest absolute Gasteiger partial charge is 0.480 e. The van der Waals surface area contributed by atoms with Crippen LogP contribution in [0.4, 0.5) is 0 Å². The number of hydrogen-bond acceptors (Lipinski definition) is 5. The number of carbonyl (C=O) groups excluding carboxylic acids is 1. The molecule has 3 rings (SSSR count). The molecule has 5 nitrogen and oxygen atoms in total. The number of hydrogen-bond donors (Lipinski definition) is 1. The van der Waals surface area contributed by atoms with Gasteiger partial charge in [-0.05, 0) is 43.5 Å². The minimum atomic E-state index is -1.06. The molecule has 1 N–H and O–H groups in total. The Hall–Kier alpha value is -1.60. The number of aliphatic carboxylic acids is 1. The van der Waals surface area contributed by atoms with Crippen molar-refractivity contribution in [2.45, 2.75) is 25.7 Å². The molecular formula is C15H16N2O3S2. The maximum absolute atomic E-state index is 12.3. The van der Waals surface area contributed by atoms with Gasteiger partial charge in [-0.25, -0.2) is 0 Å². The van der Waals surface area contributed by atoms with Crippen LogP contribution in [0.25, 0.3) is 0 Å². The predicted octanol–water partition coefficient (Wildman–Crippen LogP) is 2.47. The van der Waals surface area contributed by atoms with Crippen LogP contribution in [0.3, 0.4) is 0 Å². The first kappa shape index (κ1) is 15.3. The number of nitrogens with zero attached hydrogens (tertiary/aromatic N) is 2. The van der Waals surface area contributed by atoms with Gasteiger partial charge in [0, 0.05) is 12.2 Å². The highest BCUT2D eigenvalue weighted by molar-refractivity contribution is 8.26. The third-order valence-corrected chi connectivity index (χ3v) is 5.25. The monoisotopic (exact) mass is 336 g/mol. The van der Waals surface area contributed by atoms with Crippen molar-refractivity contribution in [2.24, 2.45) is 0 Å². The van der Waals surface area contributed by atoms with Crippen molar-refractivity contribution < 1.29 is 14.7 Å². The summed E-state index contributed by atoms with van der Waals surface area (Å²) in [5.41, 5.74) is 2.44. The molecule has 0 aromatic heterocycles. The fraction of sp³-hybridized carbons (Fsp3) is 0.400. The molecule has 2 heterocycles. The van der Waals surface area contributed by atoms with E-state index in [0.29, 0.717) is 9.23 Å². The van der Waals surface area contributed by atoms with Crippen molar-refractivity contribution >= 4 is 40.2 Å². The van der Waals surface area contributed by atoms with Gasteiger partial charge in [0.15, 0.2) is 0 Å². The maximum atomic E-state index is 12.3. The summed E-state index contributed by atoms with van der Waals surface area (Å²) in [7, 11) is 0. The van der Waals surface area contributed by atoms with E-state index in [1.165, 1.54) is 23.0 Å². The Morgan fingerprint density at radius 1 is 1.45 bits per heavy atom. The Balaban J connectivity index is 1.84. The van der Waals surface area contributed by atoms with Gasteiger partial charge in [-0.2, -0.15) is 0 Å². The lowest BCUT2D eigenvalue weighted by molar-refractivity contribution is -0.140. The molecule has 0 atom stereocenters. The van der Waals surface area contributed by atoms with E-state index >= 15 is 0 Å². The summed E-state index contributed by atoms with van der Waals surface area (Å²) in [5, 5.41) is 8.86. The topological polar surface area (TPSA) is 60.9 Å². The lowest BCUT2D eigenvalue weighted by Gasteiger charge is -2.18. The van der Waals surface area contributed by atoms with Gasteiger partial charge in [0.1, 0.15) is 10.9 Å². The van der Waals surface area contributed by atoms with Gasteiger partial charge in [-0.1, -0.05) is 30.1 Å². The van der Waals surface area contributed by atoms with Gasteiger partial charge in [-0.15, -0.1) is 0 Å². The van der Waals surface area contributed by atoms with E-state index in [1.807, 2.05) is 6.08 Å². The Labute approximate surface area is 138 Å². The number of rotatable bonds is 4. The third-order valence-electron chi connectivity index (χ3n) is 3.87. The average Bonchev–Trinajstić information content (AvgIpc) is 3.16. The van der Waals surface area contributed by atoms with E-state index in [4.69, 9.17) is 17.3 Å². The minimum Gasteiger partial charge on any atom is -0.480 e. The first-order valence-corrected chi connectivity index (χ1v) is 8.41. The molecule has 1 fully saturated rings. The maximum Gasteiger partial charge on any atom is 0.323 e. The smallest absolute Gasteiger partial charge is 0.323 e. The molecule has 3 aliphatic rings. The summed E-state index contributed by atoms with van der Waals surface area (Å²) in [6.45, 7) is 0.620. The zero-order chi connectivity index (χ0) is 15.7. The van der Waals surface area contributed by atoms with Crippen LogP contribution in [-0.2, 0) is 9.59 Å². The van der Waals surface area contributed by atoms with E-state index in [2.05, 4.69) is 17.2 Å². The van der Waals surface area contributed by atoms with Crippen LogP contribution >= 0.6 is 24.0 Å². The van der Waals surface area contributed by atoms with Crippen LogP contribution in [0.1, 0.15) is 25.7 Å². The van der Waals surface area contributed by atoms with Crippen LogP contribution in [0, 0.1) is 0 Å². The summed E-state index contributed by atoms with van der Waals surface area (Å²) in [5.74, 6) is -1.35. The molecule has 0 saturated carbocycles. The van der Waals surface area contributed by atoms with Crippen molar-refractivity contribution in [1.82, 2.24) is 9.80 Å². The predicted molar refractivity (Wildman–Crippen MR) is 89.0 cm³/mol. The molecule has 0 aromatic carbocycles. The Bertz CT molecular complexity index is 637. The molecule has 1 saturated heterocycles. The Morgan fingerprint density at radius 2 is 2.27 bits per heavy atom. The molecule has 0 aromatic rings. The molecule has 0 bridgehead atoms. The minimum absolute atomic E-state index is 0.298. The molecule has 1 aliphatic carbocycles. The zero-order valence-electron chi connectivity index (χ0n) is 11.9. The number of allylic oxidation sites excluding steroid dienone is 3. The average molecular weight is 336 g/mol. The standard InChI is InChI=1S/C15H16N2O3S2/c18-13(19)9-17-14(20)12(22-15(17)21)8-10-4-3-5-11(10)16-6-1-2-7-16/h1,6,8H,2-5,7,9H2,(H,18,19). The highest BCUT2D eigenvalue weighted by Crippen LogP contribution is 2.37.